The average Bonchev–Trinajstić information content (AvgIpc) is 3.49. The molecule has 8 aromatic carbocycles. The van der Waals surface area contributed by atoms with Crippen LogP contribution in [0.2, 0.25) is 0 Å². The van der Waals surface area contributed by atoms with E-state index < -0.39 is 0 Å². The van der Waals surface area contributed by atoms with E-state index in [-0.39, 0.29) is 16.8 Å². The molecule has 0 spiro atoms. The lowest BCUT2D eigenvalue weighted by atomic mass is 9.81. The van der Waals surface area contributed by atoms with E-state index in [1.807, 2.05) is 48.5 Å². The van der Waals surface area contributed by atoms with Gasteiger partial charge >= 0.3 is 0 Å². The summed E-state index contributed by atoms with van der Waals surface area (Å²) >= 11 is 0. The highest BCUT2D eigenvalue weighted by Crippen LogP contribution is 2.52. The Morgan fingerprint density at radius 2 is 1.10 bits per heavy atom. The van der Waals surface area contributed by atoms with E-state index in [9.17, 15) is 0 Å². The monoisotopic (exact) mass is 758 g/mol. The van der Waals surface area contributed by atoms with Gasteiger partial charge in [0.15, 0.2) is 17.1 Å². The van der Waals surface area contributed by atoms with Gasteiger partial charge in [0.2, 0.25) is 5.95 Å². The normalized spacial score (nSPS) is 15.7. The highest BCUT2D eigenvalue weighted by molar-refractivity contribution is 6.26. The minimum Gasteiger partial charge on any atom is -0.288 e. The fraction of sp³-hybridized carbons (Fsp3) is 0.111. The Morgan fingerprint density at radius 3 is 1.80 bits per heavy atom. The summed E-state index contributed by atoms with van der Waals surface area (Å²) in [4.78, 5) is 30.8. The van der Waals surface area contributed by atoms with Crippen LogP contribution >= 0.6 is 0 Å². The van der Waals surface area contributed by atoms with Crippen molar-refractivity contribution in [2.24, 2.45) is 5.92 Å². The summed E-state index contributed by atoms with van der Waals surface area (Å²) in [5.74, 6) is 1.96. The summed E-state index contributed by atoms with van der Waals surface area (Å²) in [6.45, 7) is 6.85. The Hall–Kier alpha value is -7.24. The molecule has 0 radical (unpaired) electrons. The molecule has 5 nitrogen and oxygen atoms in total. The first-order valence-corrected chi connectivity index (χ1v) is 20.5. The predicted octanol–water partition coefficient (Wildman–Crippen LogP) is 12.9. The summed E-state index contributed by atoms with van der Waals surface area (Å²) in [7, 11) is 0. The first-order chi connectivity index (χ1) is 28.8. The number of hydrogen-bond acceptors (Lipinski definition) is 4. The highest BCUT2D eigenvalue weighted by Gasteiger charge is 2.37. The van der Waals surface area contributed by atoms with E-state index in [1.54, 1.807) is 0 Å². The molecule has 0 amide bonds. The molecule has 1 unspecified atom stereocenters. The van der Waals surface area contributed by atoms with Gasteiger partial charge in [-0.05, 0) is 114 Å². The van der Waals surface area contributed by atoms with Gasteiger partial charge in [-0.2, -0.15) is 9.97 Å². The Labute approximate surface area is 340 Å². The van der Waals surface area contributed by atoms with Gasteiger partial charge in [-0.3, -0.25) is 9.36 Å². The molecule has 0 saturated carbocycles. The van der Waals surface area contributed by atoms with Crippen LogP contribution in [0.5, 0.6) is 0 Å². The number of pyridine rings is 1. The Balaban J connectivity index is 1.20. The van der Waals surface area contributed by atoms with E-state index in [1.165, 1.54) is 49.0 Å². The van der Waals surface area contributed by atoms with Crippen molar-refractivity contribution >= 4 is 70.5 Å². The molecule has 2 aromatic heterocycles. The van der Waals surface area contributed by atoms with Crippen molar-refractivity contribution in [3.8, 4) is 28.5 Å². The van der Waals surface area contributed by atoms with Crippen LogP contribution in [0.1, 0.15) is 44.1 Å². The van der Waals surface area contributed by atoms with Gasteiger partial charge in [0.1, 0.15) is 0 Å². The molecule has 5 heteroatoms. The Kier molecular flexibility index (Phi) is 7.10. The number of nitrogens with zero attached hydrogens (tertiary/aromatic N) is 4. The summed E-state index contributed by atoms with van der Waals surface area (Å²) in [5, 5.41) is 10.8. The third-order valence-electron chi connectivity index (χ3n) is 13.0. The van der Waals surface area contributed by atoms with Crippen molar-refractivity contribution in [2.75, 3.05) is 0 Å². The molecule has 0 saturated heterocycles. The van der Waals surface area contributed by atoms with Crippen molar-refractivity contribution in [1.82, 2.24) is 19.5 Å². The summed E-state index contributed by atoms with van der Waals surface area (Å²) in [6, 6.07) is 49.2. The van der Waals surface area contributed by atoms with Gasteiger partial charge in [0.05, 0.1) is 11.0 Å². The largest absolute Gasteiger partial charge is 0.288 e. The lowest BCUT2D eigenvalue weighted by Crippen LogP contribution is -2.18. The van der Waals surface area contributed by atoms with E-state index in [0.717, 1.165) is 44.9 Å². The molecular formula is C54H38N4O. The topological polar surface area (TPSA) is 60.7 Å². The second-order valence-electron chi connectivity index (χ2n) is 16.8. The van der Waals surface area contributed by atoms with Gasteiger partial charge in [-0.25, -0.2) is 4.98 Å². The van der Waals surface area contributed by atoms with Crippen LogP contribution < -0.4 is 5.43 Å². The first-order valence-electron chi connectivity index (χ1n) is 20.5. The standard InChI is InChI=1S/C54H38N4O/c1-31-15-7-10-20-35(31)52-55-51(32-16-5-4-6-17-32)56-53(57-52)58-48-26-34-19-9-8-18-33(34)25-44(48)50(59)45-28-43-42-27-40-38-23-13-11-21-36(38)37-22-12-14-24-39(37)41(40)29-46(42)54(2,3)47(43)30-49(45)58/h4-14,16-31H,15H2,1-3H3. The molecule has 12 rings (SSSR count). The summed E-state index contributed by atoms with van der Waals surface area (Å²) in [6.07, 6.45) is 7.32. The summed E-state index contributed by atoms with van der Waals surface area (Å²) < 4.78 is 2.12. The van der Waals surface area contributed by atoms with Crippen molar-refractivity contribution in [3.63, 3.8) is 0 Å². The molecular weight excluding hydrogens is 721 g/mol. The maximum absolute atomic E-state index is 15.1. The summed E-state index contributed by atoms with van der Waals surface area (Å²) in [5.41, 5.74) is 7.83. The zero-order valence-electron chi connectivity index (χ0n) is 33.0. The molecule has 10 aromatic rings. The lowest BCUT2D eigenvalue weighted by Gasteiger charge is -2.23. The van der Waals surface area contributed by atoms with Crippen molar-refractivity contribution in [2.45, 2.75) is 32.6 Å². The SMILES string of the molecule is CC1CC=CC=C1c1nc(-c2ccccc2)nc(-n2c3cc4c(cc3c(=O)c3cc5ccccc5cc32)-c2cc3c5ccccc5c5ccccc5c3cc2C4(C)C)n1. The van der Waals surface area contributed by atoms with Crippen molar-refractivity contribution < 1.29 is 0 Å². The quantitative estimate of drug-likeness (QED) is 0.133. The second-order valence-corrected chi connectivity index (χ2v) is 16.8. The second kappa shape index (κ2) is 12.4. The predicted molar refractivity (Wildman–Crippen MR) is 244 cm³/mol. The van der Waals surface area contributed by atoms with Gasteiger partial charge in [-0.1, -0.05) is 142 Å². The highest BCUT2D eigenvalue weighted by atomic mass is 16.1. The molecule has 1 atom stereocenters. The Bertz CT molecular complexity index is 3600. The molecule has 59 heavy (non-hydrogen) atoms. The van der Waals surface area contributed by atoms with Crippen LogP contribution in [0.4, 0.5) is 0 Å². The molecule has 0 aliphatic heterocycles. The third-order valence-corrected chi connectivity index (χ3v) is 13.0. The molecule has 0 fully saturated rings. The van der Waals surface area contributed by atoms with E-state index in [4.69, 9.17) is 15.0 Å². The number of fused-ring (bicyclic) bond motifs is 12. The zero-order chi connectivity index (χ0) is 39.6. The van der Waals surface area contributed by atoms with Crippen molar-refractivity contribution in [1.29, 1.82) is 0 Å². The average molecular weight is 759 g/mol. The third kappa shape index (κ3) is 4.91. The molecule has 2 heterocycles. The lowest BCUT2D eigenvalue weighted by molar-refractivity contribution is 0.661. The Morgan fingerprint density at radius 1 is 0.559 bits per heavy atom. The minimum atomic E-state index is -0.368. The first kappa shape index (κ1) is 33.9. The van der Waals surface area contributed by atoms with E-state index in [2.05, 4.69) is 135 Å². The van der Waals surface area contributed by atoms with Crippen LogP contribution in [0.15, 0.2) is 163 Å². The van der Waals surface area contributed by atoms with Crippen LogP contribution in [0, 0.1) is 5.92 Å². The zero-order valence-corrected chi connectivity index (χ0v) is 33.0. The molecule has 2 aliphatic rings. The maximum Gasteiger partial charge on any atom is 0.238 e. The molecule has 280 valence electrons. The van der Waals surface area contributed by atoms with E-state index in [0.29, 0.717) is 28.4 Å². The number of rotatable bonds is 3. The molecule has 0 bridgehead atoms. The van der Waals surface area contributed by atoms with Crippen LogP contribution in [-0.4, -0.2) is 19.5 Å². The number of allylic oxidation sites excluding steroid dienone is 4. The number of benzene rings is 8. The van der Waals surface area contributed by atoms with Gasteiger partial charge in [0.25, 0.3) is 0 Å². The fourth-order valence-electron chi connectivity index (χ4n) is 9.97. The minimum absolute atomic E-state index is 0.00500. The smallest absolute Gasteiger partial charge is 0.238 e. The number of hydrogen-bond donors (Lipinski definition) is 0. The molecule has 0 N–H and O–H groups in total. The van der Waals surface area contributed by atoms with Crippen LogP contribution in [0.3, 0.4) is 0 Å². The van der Waals surface area contributed by atoms with Gasteiger partial charge < -0.3 is 0 Å². The van der Waals surface area contributed by atoms with Gasteiger partial charge in [-0.15, -0.1) is 0 Å². The van der Waals surface area contributed by atoms with Gasteiger partial charge in [0, 0.05) is 27.3 Å². The maximum atomic E-state index is 15.1. The van der Waals surface area contributed by atoms with Crippen LogP contribution in [-0.2, 0) is 5.41 Å². The van der Waals surface area contributed by atoms with E-state index >= 15 is 4.79 Å². The molecule has 2 aliphatic carbocycles. The van der Waals surface area contributed by atoms with Crippen LogP contribution in [0.25, 0.3) is 98.9 Å². The van der Waals surface area contributed by atoms with Crippen molar-refractivity contribution in [3.05, 3.63) is 185 Å². The number of aromatic nitrogens is 4. The fourth-order valence-corrected chi connectivity index (χ4v) is 9.97.